The number of aryl methyl sites for hydroxylation is 2. The van der Waals surface area contributed by atoms with Crippen LogP contribution in [-0.4, -0.2) is 29.7 Å². The minimum absolute atomic E-state index is 0.0464. The molecule has 0 aliphatic rings. The fraction of sp³-hybridized carbons (Fsp3) is 0.467. The molecule has 0 spiro atoms. The summed E-state index contributed by atoms with van der Waals surface area (Å²) < 4.78 is 5.64. The first kappa shape index (κ1) is 17.0. The van der Waals surface area contributed by atoms with Gasteiger partial charge in [-0.3, -0.25) is 10.1 Å². The first-order chi connectivity index (χ1) is 9.88. The van der Waals surface area contributed by atoms with Gasteiger partial charge in [0.15, 0.2) is 6.10 Å². The highest BCUT2D eigenvalue weighted by molar-refractivity contribution is 5.96. The molecule has 1 unspecified atom stereocenters. The first-order valence-corrected chi connectivity index (χ1v) is 6.85. The van der Waals surface area contributed by atoms with Crippen LogP contribution in [0.15, 0.2) is 12.1 Å². The molecule has 1 rings (SSSR count). The van der Waals surface area contributed by atoms with Crippen LogP contribution in [0.3, 0.4) is 0 Å². The number of aliphatic hydroxyl groups is 1. The third-order valence-corrected chi connectivity index (χ3v) is 2.94. The van der Waals surface area contributed by atoms with Crippen LogP contribution in [0.5, 0.6) is 5.75 Å². The number of benzene rings is 1. The van der Waals surface area contributed by atoms with E-state index in [0.717, 1.165) is 16.7 Å². The van der Waals surface area contributed by atoms with Crippen molar-refractivity contribution in [3.63, 3.8) is 0 Å². The number of hydrogen-bond donors (Lipinski definition) is 3. The summed E-state index contributed by atoms with van der Waals surface area (Å²) in [6.07, 6.45) is -0.801. The van der Waals surface area contributed by atoms with Crippen molar-refractivity contribution >= 4 is 11.9 Å². The lowest BCUT2D eigenvalue weighted by atomic mass is 10.1. The van der Waals surface area contributed by atoms with Crippen molar-refractivity contribution in [2.45, 2.75) is 40.4 Å². The largest absolute Gasteiger partial charge is 0.480 e. The van der Waals surface area contributed by atoms with Crippen LogP contribution >= 0.6 is 0 Å². The second-order valence-electron chi connectivity index (χ2n) is 4.83. The van der Waals surface area contributed by atoms with E-state index < -0.39 is 18.0 Å². The number of imide groups is 1. The van der Waals surface area contributed by atoms with Gasteiger partial charge in [0.05, 0.1) is 6.61 Å². The third kappa shape index (κ3) is 4.75. The Morgan fingerprint density at radius 1 is 1.29 bits per heavy atom. The Kier molecular flexibility index (Phi) is 6.17. The molecule has 0 fully saturated rings. The fourth-order valence-electron chi connectivity index (χ4n) is 1.97. The summed E-state index contributed by atoms with van der Waals surface area (Å²) in [5.41, 5.74) is 2.45. The van der Waals surface area contributed by atoms with Gasteiger partial charge in [-0.15, -0.1) is 0 Å². The second-order valence-corrected chi connectivity index (χ2v) is 4.83. The highest BCUT2D eigenvalue weighted by Crippen LogP contribution is 2.26. The van der Waals surface area contributed by atoms with Crippen LogP contribution in [0.4, 0.5) is 4.79 Å². The SMILES string of the molecule is CCNC(=O)NC(=O)C(C)Oc1c(C)cc(CO)cc1C. The summed E-state index contributed by atoms with van der Waals surface area (Å²) in [6, 6.07) is 3.06. The summed E-state index contributed by atoms with van der Waals surface area (Å²) in [6.45, 7) is 7.42. The number of ether oxygens (including phenoxy) is 1. The van der Waals surface area contributed by atoms with E-state index in [9.17, 15) is 9.59 Å². The number of hydrogen-bond acceptors (Lipinski definition) is 4. The number of amides is 3. The van der Waals surface area contributed by atoms with Crippen LogP contribution in [0.25, 0.3) is 0 Å². The van der Waals surface area contributed by atoms with E-state index in [1.54, 1.807) is 26.0 Å². The van der Waals surface area contributed by atoms with Gasteiger partial charge in [-0.2, -0.15) is 0 Å². The van der Waals surface area contributed by atoms with Gasteiger partial charge in [-0.25, -0.2) is 4.79 Å². The summed E-state index contributed by atoms with van der Waals surface area (Å²) in [4.78, 5) is 23.1. The van der Waals surface area contributed by atoms with E-state index in [4.69, 9.17) is 9.84 Å². The quantitative estimate of drug-likeness (QED) is 0.766. The van der Waals surface area contributed by atoms with Crippen molar-refractivity contribution in [1.82, 2.24) is 10.6 Å². The standard InChI is InChI=1S/C15H22N2O4/c1-5-16-15(20)17-14(19)11(4)21-13-9(2)6-12(8-18)7-10(13)3/h6-7,11,18H,5,8H2,1-4H3,(H2,16,17,19,20). The lowest BCUT2D eigenvalue weighted by Gasteiger charge is -2.18. The molecular formula is C15H22N2O4. The zero-order valence-corrected chi connectivity index (χ0v) is 12.8. The summed E-state index contributed by atoms with van der Waals surface area (Å²) in [5, 5.41) is 13.8. The molecule has 116 valence electrons. The molecule has 1 aromatic carbocycles. The molecule has 3 amide bonds. The lowest BCUT2D eigenvalue weighted by molar-refractivity contribution is -0.126. The molecule has 0 radical (unpaired) electrons. The number of aliphatic hydroxyl groups excluding tert-OH is 1. The van der Waals surface area contributed by atoms with Gasteiger partial charge in [0.2, 0.25) is 0 Å². The van der Waals surface area contributed by atoms with Crippen molar-refractivity contribution in [2.75, 3.05) is 6.54 Å². The van der Waals surface area contributed by atoms with Crippen LogP contribution in [0.1, 0.15) is 30.5 Å². The number of urea groups is 1. The maximum atomic E-state index is 11.8. The molecule has 0 saturated carbocycles. The molecule has 1 aromatic rings. The Morgan fingerprint density at radius 3 is 2.33 bits per heavy atom. The number of carbonyl (C=O) groups excluding carboxylic acids is 2. The third-order valence-electron chi connectivity index (χ3n) is 2.94. The van der Waals surface area contributed by atoms with Crippen LogP contribution in [0, 0.1) is 13.8 Å². The predicted octanol–water partition coefficient (Wildman–Crippen LogP) is 1.41. The normalized spacial score (nSPS) is 11.7. The smallest absolute Gasteiger partial charge is 0.321 e. The highest BCUT2D eigenvalue weighted by Gasteiger charge is 2.19. The van der Waals surface area contributed by atoms with E-state index in [1.807, 2.05) is 13.8 Å². The monoisotopic (exact) mass is 294 g/mol. The molecule has 0 aliphatic heterocycles. The predicted molar refractivity (Wildman–Crippen MR) is 79.1 cm³/mol. The summed E-state index contributed by atoms with van der Waals surface area (Å²) in [5.74, 6) is 0.0803. The van der Waals surface area contributed by atoms with E-state index in [-0.39, 0.29) is 6.61 Å². The number of carbonyl (C=O) groups is 2. The van der Waals surface area contributed by atoms with Crippen LogP contribution < -0.4 is 15.4 Å². The van der Waals surface area contributed by atoms with Crippen molar-refractivity contribution in [1.29, 1.82) is 0 Å². The van der Waals surface area contributed by atoms with Gasteiger partial charge in [-0.05, 0) is 44.4 Å². The highest BCUT2D eigenvalue weighted by atomic mass is 16.5. The van der Waals surface area contributed by atoms with E-state index >= 15 is 0 Å². The molecule has 0 bridgehead atoms. The molecule has 1 atom stereocenters. The van der Waals surface area contributed by atoms with Crippen molar-refractivity contribution in [2.24, 2.45) is 0 Å². The minimum atomic E-state index is -0.801. The van der Waals surface area contributed by atoms with Gasteiger partial charge in [-0.1, -0.05) is 12.1 Å². The molecule has 0 aromatic heterocycles. The van der Waals surface area contributed by atoms with Gasteiger partial charge < -0.3 is 15.2 Å². The maximum absolute atomic E-state index is 11.8. The van der Waals surface area contributed by atoms with Gasteiger partial charge in [0.1, 0.15) is 5.75 Å². The van der Waals surface area contributed by atoms with E-state index in [2.05, 4.69) is 10.6 Å². The van der Waals surface area contributed by atoms with Crippen molar-refractivity contribution in [3.05, 3.63) is 28.8 Å². The maximum Gasteiger partial charge on any atom is 0.321 e. The van der Waals surface area contributed by atoms with Crippen molar-refractivity contribution in [3.8, 4) is 5.75 Å². The Labute approximate surface area is 124 Å². The molecule has 6 heteroatoms. The first-order valence-electron chi connectivity index (χ1n) is 6.85. The molecule has 0 heterocycles. The zero-order chi connectivity index (χ0) is 16.0. The molecule has 21 heavy (non-hydrogen) atoms. The van der Waals surface area contributed by atoms with Gasteiger partial charge in [0.25, 0.3) is 5.91 Å². The van der Waals surface area contributed by atoms with Crippen molar-refractivity contribution < 1.29 is 19.4 Å². The summed E-state index contributed by atoms with van der Waals surface area (Å²) >= 11 is 0. The average molecular weight is 294 g/mol. The van der Waals surface area contributed by atoms with Gasteiger partial charge in [0, 0.05) is 6.54 Å². The topological polar surface area (TPSA) is 87.7 Å². The molecule has 0 aliphatic carbocycles. The Bertz CT molecular complexity index is 505. The Morgan fingerprint density at radius 2 is 1.86 bits per heavy atom. The molecule has 0 saturated heterocycles. The number of rotatable bonds is 5. The Hall–Kier alpha value is -2.08. The fourth-order valence-corrected chi connectivity index (χ4v) is 1.97. The zero-order valence-electron chi connectivity index (χ0n) is 12.8. The molecule has 6 nitrogen and oxygen atoms in total. The second kappa shape index (κ2) is 7.64. The van der Waals surface area contributed by atoms with E-state index in [1.165, 1.54) is 0 Å². The Balaban J connectivity index is 2.77. The number of nitrogens with one attached hydrogen (secondary N) is 2. The lowest BCUT2D eigenvalue weighted by Crippen LogP contribution is -2.45. The van der Waals surface area contributed by atoms with Crippen LogP contribution in [0.2, 0.25) is 0 Å². The molecule has 3 N–H and O–H groups in total. The molecular weight excluding hydrogens is 272 g/mol. The van der Waals surface area contributed by atoms with Gasteiger partial charge >= 0.3 is 6.03 Å². The average Bonchev–Trinajstić information content (AvgIpc) is 2.42. The van der Waals surface area contributed by atoms with E-state index in [0.29, 0.717) is 12.3 Å². The van der Waals surface area contributed by atoms with Crippen LogP contribution in [-0.2, 0) is 11.4 Å². The minimum Gasteiger partial charge on any atom is -0.480 e. The summed E-state index contributed by atoms with van der Waals surface area (Å²) in [7, 11) is 0.